The number of allylic oxidation sites excluding steroid dienone is 1. The van der Waals surface area contributed by atoms with Crippen LogP contribution in [-0.4, -0.2) is 159 Å². The van der Waals surface area contributed by atoms with E-state index in [2.05, 4.69) is 34.5 Å². The molecule has 0 radical (unpaired) electrons. The first-order chi connectivity index (χ1) is 24.6. The average molecular weight is 780 g/mol. The Balaban J connectivity index is 3.08. The molecule has 0 atom stereocenters. The fourth-order valence-electron chi connectivity index (χ4n) is 4.09. The van der Waals surface area contributed by atoms with Gasteiger partial charge in [0.25, 0.3) is 0 Å². The fraction of sp³-hybridized carbons (Fsp3) is 0.895. The summed E-state index contributed by atoms with van der Waals surface area (Å²) in [6, 6.07) is 0. The van der Waals surface area contributed by atoms with Gasteiger partial charge in [-0.25, -0.2) is 0 Å². The Labute approximate surface area is 308 Å². The first-order valence-electron chi connectivity index (χ1n) is 19.0. The first kappa shape index (κ1) is 49.4. The van der Waals surface area contributed by atoms with E-state index in [0.29, 0.717) is 132 Å². The standard InChI is InChI=1S/C38H74GeO11/c1-5-6-7-8-9-10-11-14-17-40-19-21-42-23-25-44-27-29-46-31-33-48-35-37-50-38-36-49-34-32-47-30-28-45-26-24-43-22-20-41-18-15-12-13-16-39(2,3)4/h5H,1,6-12,14-15,17-38H2,2-4H3. The zero-order chi connectivity index (χ0) is 36.3. The molecule has 12 heteroatoms. The van der Waals surface area contributed by atoms with Crippen LogP contribution in [0.4, 0.5) is 0 Å². The molecular weight excluding hydrogens is 705 g/mol. The van der Waals surface area contributed by atoms with E-state index in [-0.39, 0.29) is 0 Å². The zero-order valence-corrected chi connectivity index (χ0v) is 34.3. The summed E-state index contributed by atoms with van der Waals surface area (Å²) in [5.74, 6) is 10.2. The summed E-state index contributed by atoms with van der Waals surface area (Å²) in [6.07, 6.45) is 12.6. The Bertz CT molecular complexity index is 728. The average Bonchev–Trinajstić information content (AvgIpc) is 3.09. The predicted octanol–water partition coefficient (Wildman–Crippen LogP) is 5.75. The van der Waals surface area contributed by atoms with Crippen molar-refractivity contribution in [2.24, 2.45) is 0 Å². The van der Waals surface area contributed by atoms with E-state index in [9.17, 15) is 0 Å². The van der Waals surface area contributed by atoms with Crippen molar-refractivity contribution in [3.63, 3.8) is 0 Å². The van der Waals surface area contributed by atoms with Gasteiger partial charge in [-0.15, -0.1) is 6.58 Å². The van der Waals surface area contributed by atoms with Crippen LogP contribution in [0.15, 0.2) is 12.7 Å². The van der Waals surface area contributed by atoms with Crippen molar-refractivity contribution < 1.29 is 52.1 Å². The van der Waals surface area contributed by atoms with Crippen LogP contribution in [0.25, 0.3) is 0 Å². The molecular formula is C38H74GeO11. The minimum atomic E-state index is -1.71. The molecule has 0 saturated heterocycles. The molecule has 11 nitrogen and oxygen atoms in total. The molecule has 0 amide bonds. The molecule has 0 saturated carbocycles. The first-order valence-corrected chi connectivity index (χ1v) is 26.4. The van der Waals surface area contributed by atoms with Crippen molar-refractivity contribution in [1.29, 1.82) is 0 Å². The molecule has 0 bridgehead atoms. The van der Waals surface area contributed by atoms with E-state index in [1.807, 2.05) is 6.08 Å². The molecule has 0 aliphatic heterocycles. The van der Waals surface area contributed by atoms with Gasteiger partial charge < -0.3 is 37.9 Å². The van der Waals surface area contributed by atoms with Crippen LogP contribution in [0.3, 0.4) is 0 Å². The van der Waals surface area contributed by atoms with Gasteiger partial charge in [0.2, 0.25) is 0 Å². The molecule has 0 aromatic rings. The van der Waals surface area contributed by atoms with Crippen molar-refractivity contribution in [2.75, 3.05) is 145 Å². The molecule has 0 rings (SSSR count). The summed E-state index contributed by atoms with van der Waals surface area (Å²) in [6.45, 7) is 16.3. The summed E-state index contributed by atoms with van der Waals surface area (Å²) in [5.41, 5.74) is 0. The Morgan fingerprint density at radius 3 is 0.920 bits per heavy atom. The third-order valence-corrected chi connectivity index (χ3v) is 8.67. The van der Waals surface area contributed by atoms with Gasteiger partial charge in [0.1, 0.15) is 0 Å². The van der Waals surface area contributed by atoms with Gasteiger partial charge in [-0.3, -0.25) is 0 Å². The van der Waals surface area contributed by atoms with Crippen molar-refractivity contribution in [1.82, 2.24) is 0 Å². The van der Waals surface area contributed by atoms with Crippen molar-refractivity contribution in [3.8, 4) is 10.7 Å². The molecule has 0 aliphatic rings. The van der Waals surface area contributed by atoms with Crippen LogP contribution < -0.4 is 0 Å². The second-order valence-corrected chi connectivity index (χ2v) is 22.6. The summed E-state index contributed by atoms with van der Waals surface area (Å²) in [7, 11) is 0. The van der Waals surface area contributed by atoms with E-state index in [1.165, 1.54) is 32.1 Å². The summed E-state index contributed by atoms with van der Waals surface area (Å²) in [5, 5.41) is 0. The van der Waals surface area contributed by atoms with Gasteiger partial charge in [-0.2, -0.15) is 0 Å². The SMILES string of the molecule is C=CCCCCCCCCOCCOCCOCCOCCOCCOCCOCCOCCOCCOCCOCCCC#[C][Ge]([CH3])([CH3])[CH3]. The Morgan fingerprint density at radius 2 is 0.620 bits per heavy atom. The second-order valence-electron chi connectivity index (χ2n) is 12.6. The Kier molecular flexibility index (Phi) is 42.3. The van der Waals surface area contributed by atoms with Crippen LogP contribution in [-0.2, 0) is 52.1 Å². The molecule has 0 unspecified atom stereocenters. The third kappa shape index (κ3) is 47.4. The molecule has 0 fully saturated rings. The van der Waals surface area contributed by atoms with Crippen LogP contribution in [0.2, 0.25) is 17.3 Å². The van der Waals surface area contributed by atoms with E-state index < -0.39 is 13.3 Å². The number of hydrogen-bond acceptors (Lipinski definition) is 11. The molecule has 0 aromatic carbocycles. The van der Waals surface area contributed by atoms with E-state index >= 15 is 0 Å². The number of unbranched alkanes of at least 4 members (excludes halogenated alkanes) is 7. The van der Waals surface area contributed by atoms with E-state index in [0.717, 1.165) is 38.9 Å². The van der Waals surface area contributed by atoms with Crippen molar-refractivity contribution in [3.05, 3.63) is 12.7 Å². The Morgan fingerprint density at radius 1 is 0.360 bits per heavy atom. The van der Waals surface area contributed by atoms with Gasteiger partial charge in [-0.1, -0.05) is 31.8 Å². The van der Waals surface area contributed by atoms with Crippen LogP contribution >= 0.6 is 0 Å². The minimum absolute atomic E-state index is 0.521. The monoisotopic (exact) mass is 780 g/mol. The van der Waals surface area contributed by atoms with Gasteiger partial charge >= 0.3 is 101 Å². The molecule has 0 aliphatic carbocycles. The van der Waals surface area contributed by atoms with Crippen LogP contribution in [0.1, 0.15) is 57.8 Å². The van der Waals surface area contributed by atoms with Gasteiger partial charge in [0.05, 0.1) is 106 Å². The molecule has 296 valence electrons. The van der Waals surface area contributed by atoms with Crippen LogP contribution in [0.5, 0.6) is 0 Å². The normalized spacial score (nSPS) is 11.6. The van der Waals surface area contributed by atoms with Crippen molar-refractivity contribution >= 4 is 13.3 Å². The summed E-state index contributed by atoms with van der Waals surface area (Å²) >= 11 is -1.71. The number of hydrogen-bond donors (Lipinski definition) is 0. The van der Waals surface area contributed by atoms with Gasteiger partial charge in [-0.05, 0) is 19.3 Å². The maximum absolute atomic E-state index is 5.61. The van der Waals surface area contributed by atoms with Gasteiger partial charge in [0, 0.05) is 6.61 Å². The fourth-order valence-corrected chi connectivity index (χ4v) is 5.47. The third-order valence-electron chi connectivity index (χ3n) is 6.72. The van der Waals surface area contributed by atoms with Gasteiger partial charge in [0.15, 0.2) is 0 Å². The number of rotatable bonds is 42. The number of ether oxygens (including phenoxy) is 11. The molecule has 0 N–H and O–H groups in total. The molecule has 50 heavy (non-hydrogen) atoms. The van der Waals surface area contributed by atoms with E-state index in [4.69, 9.17) is 52.1 Å². The quantitative estimate of drug-likeness (QED) is 0.0328. The topological polar surface area (TPSA) is 102 Å². The molecule has 0 heterocycles. The second kappa shape index (κ2) is 42.8. The van der Waals surface area contributed by atoms with E-state index in [1.54, 1.807) is 0 Å². The molecule has 0 spiro atoms. The Hall–Kier alpha value is -0.597. The van der Waals surface area contributed by atoms with Crippen molar-refractivity contribution in [2.45, 2.75) is 75.1 Å². The summed E-state index contributed by atoms with van der Waals surface area (Å²) < 4.78 is 64.2. The van der Waals surface area contributed by atoms with Crippen LogP contribution in [0, 0.1) is 10.7 Å². The predicted molar refractivity (Wildman–Crippen MR) is 202 cm³/mol. The maximum atomic E-state index is 5.61. The molecule has 0 aromatic heterocycles. The summed E-state index contributed by atoms with van der Waals surface area (Å²) in [4.78, 5) is 0. The zero-order valence-electron chi connectivity index (χ0n) is 32.2.